The topological polar surface area (TPSA) is 71.2 Å². The van der Waals surface area contributed by atoms with E-state index < -0.39 is 0 Å². The van der Waals surface area contributed by atoms with Gasteiger partial charge in [0.2, 0.25) is 0 Å². The zero-order chi connectivity index (χ0) is 22.4. The standard InChI is InChI=1S/C27H30N4O2/c28-17-22(26(32)30-6-8-33-9-7-30)13-23-18-31(24-4-2-1-3-5-24)29-25(23)27-14-19-10-20(15-27)12-21(11-19)16-27/h1-5,13,18-21H,6-12,14-16H2. The van der Waals surface area contributed by atoms with Gasteiger partial charge in [0.1, 0.15) is 11.6 Å². The van der Waals surface area contributed by atoms with Gasteiger partial charge in [-0.15, -0.1) is 0 Å². The van der Waals surface area contributed by atoms with Crippen LogP contribution in [0.4, 0.5) is 0 Å². The molecule has 4 saturated carbocycles. The molecule has 4 aliphatic carbocycles. The summed E-state index contributed by atoms with van der Waals surface area (Å²) in [6, 6.07) is 12.3. The summed E-state index contributed by atoms with van der Waals surface area (Å²) in [5, 5.41) is 15.1. The first-order valence-corrected chi connectivity index (χ1v) is 12.3. The molecule has 6 nitrogen and oxygen atoms in total. The van der Waals surface area contributed by atoms with E-state index in [4.69, 9.17) is 9.84 Å². The number of carbonyl (C=O) groups is 1. The molecule has 0 spiro atoms. The zero-order valence-electron chi connectivity index (χ0n) is 18.9. The van der Waals surface area contributed by atoms with Crippen molar-refractivity contribution in [1.29, 1.82) is 5.26 Å². The Bertz CT molecular complexity index is 1090. The van der Waals surface area contributed by atoms with E-state index in [1.807, 2.05) is 41.2 Å². The molecule has 0 N–H and O–H groups in total. The van der Waals surface area contributed by atoms with Crippen LogP contribution in [0.2, 0.25) is 0 Å². The van der Waals surface area contributed by atoms with Crippen LogP contribution in [0, 0.1) is 29.1 Å². The van der Waals surface area contributed by atoms with Crippen LogP contribution in [0.1, 0.15) is 49.8 Å². The molecule has 170 valence electrons. The molecule has 0 radical (unpaired) electrons. The van der Waals surface area contributed by atoms with Crippen molar-refractivity contribution in [2.45, 2.75) is 43.9 Å². The van der Waals surface area contributed by atoms with Crippen LogP contribution < -0.4 is 0 Å². The Balaban J connectivity index is 1.43. The van der Waals surface area contributed by atoms with Crippen molar-refractivity contribution in [2.75, 3.05) is 26.3 Å². The van der Waals surface area contributed by atoms with E-state index in [0.717, 1.165) is 34.7 Å². The second kappa shape index (κ2) is 8.14. The zero-order valence-corrected chi connectivity index (χ0v) is 18.9. The number of hydrogen-bond acceptors (Lipinski definition) is 4. The number of carbonyl (C=O) groups excluding carboxylic acids is 1. The van der Waals surface area contributed by atoms with Gasteiger partial charge in [-0.1, -0.05) is 18.2 Å². The predicted molar refractivity (Wildman–Crippen MR) is 124 cm³/mol. The molecule has 33 heavy (non-hydrogen) atoms. The summed E-state index contributed by atoms with van der Waals surface area (Å²) in [5.41, 5.74) is 3.28. The van der Waals surface area contributed by atoms with E-state index in [-0.39, 0.29) is 16.9 Å². The van der Waals surface area contributed by atoms with Crippen LogP contribution in [0.3, 0.4) is 0 Å². The van der Waals surface area contributed by atoms with Gasteiger partial charge >= 0.3 is 0 Å². The summed E-state index contributed by atoms with van der Waals surface area (Å²) < 4.78 is 7.32. The van der Waals surface area contributed by atoms with Crippen LogP contribution in [-0.4, -0.2) is 46.9 Å². The quantitative estimate of drug-likeness (QED) is 0.528. The average Bonchev–Trinajstić information content (AvgIpc) is 3.27. The highest BCUT2D eigenvalue weighted by Gasteiger charge is 2.53. The monoisotopic (exact) mass is 442 g/mol. The number of benzene rings is 1. The van der Waals surface area contributed by atoms with E-state index in [2.05, 4.69) is 6.07 Å². The van der Waals surface area contributed by atoms with Crippen molar-refractivity contribution in [1.82, 2.24) is 14.7 Å². The van der Waals surface area contributed by atoms with Gasteiger partial charge in [-0.3, -0.25) is 4.79 Å². The molecule has 5 fully saturated rings. The number of nitriles is 1. The minimum Gasteiger partial charge on any atom is -0.378 e. The minimum atomic E-state index is -0.204. The van der Waals surface area contributed by atoms with E-state index in [0.29, 0.717) is 26.3 Å². The van der Waals surface area contributed by atoms with Gasteiger partial charge in [0.25, 0.3) is 5.91 Å². The highest BCUT2D eigenvalue weighted by atomic mass is 16.5. The number of ether oxygens (including phenoxy) is 1. The third-order valence-corrected chi connectivity index (χ3v) is 8.25. The molecule has 1 aromatic carbocycles. The van der Waals surface area contributed by atoms with Crippen molar-refractivity contribution >= 4 is 12.0 Å². The molecule has 1 aliphatic heterocycles. The fraction of sp³-hybridized carbons (Fsp3) is 0.519. The first-order chi connectivity index (χ1) is 16.1. The van der Waals surface area contributed by atoms with E-state index in [1.54, 1.807) is 11.0 Å². The molecule has 2 heterocycles. The maximum Gasteiger partial charge on any atom is 0.264 e. The van der Waals surface area contributed by atoms with Crippen molar-refractivity contribution in [3.63, 3.8) is 0 Å². The first kappa shape index (κ1) is 20.7. The van der Waals surface area contributed by atoms with Gasteiger partial charge < -0.3 is 9.64 Å². The summed E-state index contributed by atoms with van der Waals surface area (Å²) in [5.74, 6) is 2.17. The van der Waals surface area contributed by atoms with E-state index >= 15 is 0 Å². The highest BCUT2D eigenvalue weighted by molar-refractivity contribution is 6.01. The molecule has 7 rings (SSSR count). The van der Waals surface area contributed by atoms with Gasteiger partial charge in [-0.25, -0.2) is 4.68 Å². The Kier molecular flexibility index (Phi) is 5.10. The molecule has 0 unspecified atom stereocenters. The van der Waals surface area contributed by atoms with Crippen molar-refractivity contribution in [3.05, 3.63) is 53.4 Å². The SMILES string of the molecule is N#CC(=Cc1cn(-c2ccccc2)nc1C12CC3CC(CC(C3)C1)C2)C(=O)N1CCOCC1. The maximum absolute atomic E-state index is 13.1. The van der Waals surface area contributed by atoms with Gasteiger partial charge in [0.05, 0.1) is 24.6 Å². The molecule has 1 aromatic heterocycles. The molecule has 0 atom stereocenters. The smallest absolute Gasteiger partial charge is 0.264 e. The normalized spacial score (nSPS) is 30.9. The number of morpholine rings is 1. The lowest BCUT2D eigenvalue weighted by Gasteiger charge is -2.56. The summed E-state index contributed by atoms with van der Waals surface area (Å²) in [4.78, 5) is 14.8. The maximum atomic E-state index is 13.1. The number of aromatic nitrogens is 2. The Morgan fingerprint density at radius 1 is 1.06 bits per heavy atom. The largest absolute Gasteiger partial charge is 0.378 e. The summed E-state index contributed by atoms with van der Waals surface area (Å²) in [7, 11) is 0. The molecular formula is C27H30N4O2. The second-order valence-electron chi connectivity index (χ2n) is 10.5. The number of rotatable bonds is 4. The lowest BCUT2D eigenvalue weighted by atomic mass is 9.48. The Morgan fingerprint density at radius 3 is 2.30 bits per heavy atom. The summed E-state index contributed by atoms with van der Waals surface area (Å²) in [6.07, 6.45) is 11.5. The van der Waals surface area contributed by atoms with Crippen LogP contribution in [-0.2, 0) is 14.9 Å². The van der Waals surface area contributed by atoms with Crippen molar-refractivity contribution in [3.8, 4) is 11.8 Å². The third kappa shape index (κ3) is 3.69. The Hall–Kier alpha value is -2.91. The second-order valence-corrected chi connectivity index (χ2v) is 10.5. The van der Waals surface area contributed by atoms with Crippen LogP contribution in [0.5, 0.6) is 0 Å². The van der Waals surface area contributed by atoms with Gasteiger partial charge in [-0.05, 0) is 74.5 Å². The molecule has 1 amide bonds. The van der Waals surface area contributed by atoms with Crippen LogP contribution in [0.25, 0.3) is 11.8 Å². The Labute approximate surface area is 194 Å². The van der Waals surface area contributed by atoms with E-state index in [1.165, 1.54) is 38.5 Å². The molecule has 5 aliphatic rings. The first-order valence-electron chi connectivity index (χ1n) is 12.3. The molecule has 4 bridgehead atoms. The van der Waals surface area contributed by atoms with Gasteiger partial charge in [0, 0.05) is 30.3 Å². The van der Waals surface area contributed by atoms with Crippen molar-refractivity contribution < 1.29 is 9.53 Å². The summed E-state index contributed by atoms with van der Waals surface area (Å²) >= 11 is 0. The minimum absolute atomic E-state index is 0.0726. The number of hydrogen-bond donors (Lipinski definition) is 0. The van der Waals surface area contributed by atoms with Crippen LogP contribution >= 0.6 is 0 Å². The van der Waals surface area contributed by atoms with Crippen molar-refractivity contribution in [2.24, 2.45) is 17.8 Å². The Morgan fingerprint density at radius 2 is 1.70 bits per heavy atom. The molecule has 6 heteroatoms. The van der Waals surface area contributed by atoms with Gasteiger partial charge in [0.15, 0.2) is 0 Å². The number of para-hydroxylation sites is 1. The lowest BCUT2D eigenvalue weighted by molar-refractivity contribution is -0.130. The average molecular weight is 443 g/mol. The molecule has 2 aromatic rings. The third-order valence-electron chi connectivity index (χ3n) is 8.25. The van der Waals surface area contributed by atoms with Crippen LogP contribution in [0.15, 0.2) is 42.1 Å². The number of amides is 1. The molecular weight excluding hydrogens is 412 g/mol. The summed E-state index contributed by atoms with van der Waals surface area (Å²) in [6.45, 7) is 2.11. The van der Waals surface area contributed by atoms with Gasteiger partial charge in [-0.2, -0.15) is 10.4 Å². The fourth-order valence-corrected chi connectivity index (χ4v) is 7.25. The fourth-order valence-electron chi connectivity index (χ4n) is 7.25. The highest BCUT2D eigenvalue weighted by Crippen LogP contribution is 2.61. The molecule has 1 saturated heterocycles. The predicted octanol–water partition coefficient (Wildman–Crippen LogP) is 4.11. The van der Waals surface area contributed by atoms with E-state index in [9.17, 15) is 10.1 Å². The lowest BCUT2D eigenvalue weighted by Crippen LogP contribution is -2.49. The number of nitrogens with zero attached hydrogens (tertiary/aromatic N) is 4.